The largest absolute Gasteiger partial charge is 0.497 e. The summed E-state index contributed by atoms with van der Waals surface area (Å²) in [6.07, 6.45) is 1.03. The van der Waals surface area contributed by atoms with Crippen molar-refractivity contribution in [2.75, 3.05) is 25.6 Å². The predicted octanol–water partition coefficient (Wildman–Crippen LogP) is 1.97. The molecule has 2 atom stereocenters. The number of nitrogens with two attached hydrogens (primary N) is 1. The van der Waals surface area contributed by atoms with Gasteiger partial charge < -0.3 is 15.4 Å². The Balaban J connectivity index is 2.30. The SMILES string of the molecule is COc1ccc2c(c1)C(CC(C)N)CN2C. The zero-order chi connectivity index (χ0) is 11.7. The lowest BCUT2D eigenvalue weighted by atomic mass is 9.95. The topological polar surface area (TPSA) is 38.5 Å². The average molecular weight is 220 g/mol. The smallest absolute Gasteiger partial charge is 0.119 e. The van der Waals surface area contributed by atoms with Crippen LogP contribution in [0.3, 0.4) is 0 Å². The van der Waals surface area contributed by atoms with Gasteiger partial charge >= 0.3 is 0 Å². The first kappa shape index (κ1) is 11.3. The van der Waals surface area contributed by atoms with Crippen LogP contribution in [0.15, 0.2) is 18.2 Å². The van der Waals surface area contributed by atoms with E-state index < -0.39 is 0 Å². The average Bonchev–Trinajstić information content (AvgIpc) is 2.54. The van der Waals surface area contributed by atoms with Crippen LogP contribution < -0.4 is 15.4 Å². The molecule has 2 N–H and O–H groups in total. The molecule has 16 heavy (non-hydrogen) atoms. The molecule has 0 spiro atoms. The molecule has 2 unspecified atom stereocenters. The third-order valence-electron chi connectivity index (χ3n) is 3.24. The number of benzene rings is 1. The lowest BCUT2D eigenvalue weighted by Crippen LogP contribution is -2.22. The Morgan fingerprint density at radius 2 is 2.31 bits per heavy atom. The molecule has 0 aromatic heterocycles. The first-order valence-corrected chi connectivity index (χ1v) is 5.76. The number of hydrogen-bond acceptors (Lipinski definition) is 3. The van der Waals surface area contributed by atoms with Crippen molar-refractivity contribution in [3.8, 4) is 5.75 Å². The molecule has 1 aliphatic heterocycles. The number of anilines is 1. The van der Waals surface area contributed by atoms with Gasteiger partial charge in [-0.3, -0.25) is 0 Å². The second-order valence-electron chi connectivity index (χ2n) is 4.72. The maximum absolute atomic E-state index is 5.90. The van der Waals surface area contributed by atoms with Gasteiger partial charge in [-0.25, -0.2) is 0 Å². The van der Waals surface area contributed by atoms with Gasteiger partial charge in [0.2, 0.25) is 0 Å². The summed E-state index contributed by atoms with van der Waals surface area (Å²) in [4.78, 5) is 2.29. The molecule has 1 aliphatic rings. The zero-order valence-corrected chi connectivity index (χ0v) is 10.2. The number of hydrogen-bond donors (Lipinski definition) is 1. The molecule has 0 saturated carbocycles. The van der Waals surface area contributed by atoms with Crippen LogP contribution in [-0.4, -0.2) is 26.7 Å². The number of rotatable bonds is 3. The summed E-state index contributed by atoms with van der Waals surface area (Å²) in [6, 6.07) is 6.54. The van der Waals surface area contributed by atoms with E-state index in [0.717, 1.165) is 18.7 Å². The molecule has 0 amide bonds. The number of nitrogens with zero attached hydrogens (tertiary/aromatic N) is 1. The molecule has 0 saturated heterocycles. The van der Waals surface area contributed by atoms with E-state index in [2.05, 4.69) is 31.0 Å². The monoisotopic (exact) mass is 220 g/mol. The third-order valence-corrected chi connectivity index (χ3v) is 3.24. The van der Waals surface area contributed by atoms with Crippen LogP contribution in [0.4, 0.5) is 5.69 Å². The Morgan fingerprint density at radius 1 is 1.56 bits per heavy atom. The van der Waals surface area contributed by atoms with Crippen molar-refractivity contribution in [1.82, 2.24) is 0 Å². The van der Waals surface area contributed by atoms with E-state index in [4.69, 9.17) is 10.5 Å². The van der Waals surface area contributed by atoms with Gasteiger partial charge in [0.05, 0.1) is 7.11 Å². The first-order chi connectivity index (χ1) is 7.61. The van der Waals surface area contributed by atoms with Gasteiger partial charge in [-0.15, -0.1) is 0 Å². The summed E-state index contributed by atoms with van der Waals surface area (Å²) < 4.78 is 5.28. The molecule has 0 fully saturated rings. The van der Waals surface area contributed by atoms with E-state index >= 15 is 0 Å². The highest BCUT2D eigenvalue weighted by Crippen LogP contribution is 2.39. The third kappa shape index (κ3) is 2.00. The molecular weight excluding hydrogens is 200 g/mol. The minimum atomic E-state index is 0.246. The Kier molecular flexibility index (Phi) is 3.06. The predicted molar refractivity (Wildman–Crippen MR) is 67.3 cm³/mol. The molecular formula is C13H20N2O. The minimum Gasteiger partial charge on any atom is -0.497 e. The summed E-state index contributed by atoms with van der Waals surface area (Å²) >= 11 is 0. The zero-order valence-electron chi connectivity index (χ0n) is 10.2. The quantitative estimate of drug-likeness (QED) is 0.846. The van der Waals surface area contributed by atoms with Gasteiger partial charge in [-0.2, -0.15) is 0 Å². The van der Waals surface area contributed by atoms with E-state index in [1.807, 2.05) is 6.07 Å². The molecule has 3 nitrogen and oxygen atoms in total. The Morgan fingerprint density at radius 3 is 2.94 bits per heavy atom. The van der Waals surface area contributed by atoms with Gasteiger partial charge in [0, 0.05) is 31.2 Å². The van der Waals surface area contributed by atoms with Crippen LogP contribution in [-0.2, 0) is 0 Å². The molecule has 1 heterocycles. The highest BCUT2D eigenvalue weighted by atomic mass is 16.5. The van der Waals surface area contributed by atoms with Gasteiger partial charge in [0.15, 0.2) is 0 Å². The van der Waals surface area contributed by atoms with Gasteiger partial charge in [0.1, 0.15) is 5.75 Å². The van der Waals surface area contributed by atoms with Crippen molar-refractivity contribution in [3.05, 3.63) is 23.8 Å². The molecule has 3 heteroatoms. The number of fused-ring (bicyclic) bond motifs is 1. The first-order valence-electron chi connectivity index (χ1n) is 5.76. The molecule has 1 aromatic carbocycles. The Hall–Kier alpha value is -1.22. The molecule has 88 valence electrons. The molecule has 0 radical (unpaired) electrons. The van der Waals surface area contributed by atoms with E-state index in [1.54, 1.807) is 7.11 Å². The van der Waals surface area contributed by atoms with Crippen molar-refractivity contribution in [2.45, 2.75) is 25.3 Å². The van der Waals surface area contributed by atoms with Gasteiger partial charge in [0.25, 0.3) is 0 Å². The summed E-state index contributed by atoms with van der Waals surface area (Å²) in [5.74, 6) is 1.47. The van der Waals surface area contributed by atoms with E-state index in [-0.39, 0.29) is 6.04 Å². The summed E-state index contributed by atoms with van der Waals surface area (Å²) in [7, 11) is 3.84. The second-order valence-corrected chi connectivity index (χ2v) is 4.72. The van der Waals surface area contributed by atoms with Crippen LogP contribution in [0, 0.1) is 0 Å². The van der Waals surface area contributed by atoms with Crippen LogP contribution in [0.1, 0.15) is 24.8 Å². The van der Waals surface area contributed by atoms with E-state index in [1.165, 1.54) is 11.3 Å². The van der Waals surface area contributed by atoms with E-state index in [0.29, 0.717) is 5.92 Å². The number of ether oxygens (including phenoxy) is 1. The highest BCUT2D eigenvalue weighted by Gasteiger charge is 2.27. The summed E-state index contributed by atoms with van der Waals surface area (Å²) in [6.45, 7) is 3.13. The van der Waals surface area contributed by atoms with Crippen LogP contribution >= 0.6 is 0 Å². The van der Waals surface area contributed by atoms with Crippen molar-refractivity contribution in [2.24, 2.45) is 5.73 Å². The van der Waals surface area contributed by atoms with Crippen molar-refractivity contribution in [1.29, 1.82) is 0 Å². The molecule has 1 aromatic rings. The molecule has 2 rings (SSSR count). The normalized spacial score (nSPS) is 20.8. The summed E-state index contributed by atoms with van der Waals surface area (Å²) in [5, 5.41) is 0. The van der Waals surface area contributed by atoms with Crippen molar-refractivity contribution in [3.63, 3.8) is 0 Å². The van der Waals surface area contributed by atoms with Crippen LogP contribution in [0.25, 0.3) is 0 Å². The number of methoxy groups -OCH3 is 1. The fraction of sp³-hybridized carbons (Fsp3) is 0.538. The minimum absolute atomic E-state index is 0.246. The molecule has 0 bridgehead atoms. The Bertz CT molecular complexity index is 374. The maximum atomic E-state index is 5.90. The lowest BCUT2D eigenvalue weighted by Gasteiger charge is -2.14. The fourth-order valence-electron chi connectivity index (χ4n) is 2.51. The van der Waals surface area contributed by atoms with Crippen LogP contribution in [0.5, 0.6) is 5.75 Å². The molecule has 0 aliphatic carbocycles. The second kappa shape index (κ2) is 4.34. The number of likely N-dealkylation sites (N-methyl/N-ethyl adjacent to an activating group) is 1. The van der Waals surface area contributed by atoms with Crippen LogP contribution in [0.2, 0.25) is 0 Å². The summed E-state index contributed by atoms with van der Waals surface area (Å²) in [5.41, 5.74) is 8.58. The fourth-order valence-corrected chi connectivity index (χ4v) is 2.51. The lowest BCUT2D eigenvalue weighted by molar-refractivity contribution is 0.414. The van der Waals surface area contributed by atoms with E-state index in [9.17, 15) is 0 Å². The van der Waals surface area contributed by atoms with Crippen molar-refractivity contribution < 1.29 is 4.74 Å². The van der Waals surface area contributed by atoms with Gasteiger partial charge in [-0.05, 0) is 37.1 Å². The maximum Gasteiger partial charge on any atom is 0.119 e. The van der Waals surface area contributed by atoms with Gasteiger partial charge in [-0.1, -0.05) is 0 Å². The Labute approximate surface area is 97.2 Å². The standard InChI is InChI=1S/C13H20N2O/c1-9(14)6-10-8-15(2)13-5-4-11(16-3)7-12(10)13/h4-5,7,9-10H,6,8,14H2,1-3H3. The highest BCUT2D eigenvalue weighted by molar-refractivity contribution is 5.61. The van der Waals surface area contributed by atoms with Crippen molar-refractivity contribution >= 4 is 5.69 Å².